The number of hydrogen-bond acceptors (Lipinski definition) is 5. The van der Waals surface area contributed by atoms with Crippen LogP contribution in [-0.4, -0.2) is 67.6 Å². The molecule has 138 valence electrons. The minimum absolute atomic E-state index is 0.0316. The van der Waals surface area contributed by atoms with Gasteiger partial charge in [-0.05, 0) is 50.3 Å². The smallest absolute Gasteiger partial charge is 0.237 e. The topological polar surface area (TPSA) is 57.7 Å². The molecule has 1 saturated heterocycles. The number of benzene rings is 1. The monoisotopic (exact) mass is 382 g/mol. The quantitative estimate of drug-likeness (QED) is 0.675. The van der Waals surface area contributed by atoms with Gasteiger partial charge in [0.15, 0.2) is 9.84 Å². The summed E-state index contributed by atoms with van der Waals surface area (Å²) >= 11 is 1.71. The summed E-state index contributed by atoms with van der Waals surface area (Å²) < 4.78 is 23.3. The first-order valence-electron chi connectivity index (χ1n) is 8.71. The number of sulfone groups is 1. The van der Waals surface area contributed by atoms with Crippen LogP contribution in [0.1, 0.15) is 24.8 Å². The van der Waals surface area contributed by atoms with Crippen LogP contribution in [0, 0.1) is 0 Å². The van der Waals surface area contributed by atoms with Crippen molar-refractivity contribution in [2.45, 2.75) is 42.8 Å². The zero-order chi connectivity index (χ0) is 18.0. The molecule has 2 fully saturated rings. The molecule has 0 aromatic heterocycles. The van der Waals surface area contributed by atoms with Gasteiger partial charge in [0.05, 0.1) is 18.1 Å². The Bertz CT molecular complexity index is 714. The van der Waals surface area contributed by atoms with Crippen LogP contribution in [0.15, 0.2) is 29.2 Å². The van der Waals surface area contributed by atoms with Gasteiger partial charge < -0.3 is 4.90 Å². The van der Waals surface area contributed by atoms with Crippen LogP contribution in [0.5, 0.6) is 0 Å². The highest BCUT2D eigenvalue weighted by molar-refractivity contribution is 7.98. The highest BCUT2D eigenvalue weighted by Crippen LogP contribution is 2.29. The first kappa shape index (κ1) is 18.7. The molecule has 1 saturated carbocycles. The molecule has 0 spiro atoms. The lowest BCUT2D eigenvalue weighted by molar-refractivity contribution is -0.133. The number of hydrogen-bond donors (Lipinski definition) is 0. The van der Waals surface area contributed by atoms with Gasteiger partial charge in [-0.2, -0.15) is 0 Å². The predicted molar refractivity (Wildman–Crippen MR) is 101 cm³/mol. The van der Waals surface area contributed by atoms with Gasteiger partial charge in [-0.25, -0.2) is 8.42 Å². The third-order valence-corrected chi connectivity index (χ3v) is 7.53. The van der Waals surface area contributed by atoms with Crippen molar-refractivity contribution in [3.05, 3.63) is 29.8 Å². The summed E-state index contributed by atoms with van der Waals surface area (Å²) in [7, 11) is -1.06. The van der Waals surface area contributed by atoms with E-state index in [1.807, 2.05) is 23.1 Å². The maximum atomic E-state index is 12.8. The highest BCUT2D eigenvalue weighted by atomic mass is 32.2. The fourth-order valence-electron chi connectivity index (χ4n) is 3.29. The number of carbonyl (C=O) groups excluding carboxylic acids is 1. The number of thioether (sulfide) groups is 1. The lowest BCUT2D eigenvalue weighted by atomic mass is 10.2. The van der Waals surface area contributed by atoms with Crippen molar-refractivity contribution in [2.75, 3.05) is 31.4 Å². The number of rotatable bonds is 7. The summed E-state index contributed by atoms with van der Waals surface area (Å²) in [5.74, 6) is 0.518. The zero-order valence-electron chi connectivity index (χ0n) is 14.8. The molecule has 0 N–H and O–H groups in total. The molecule has 1 aliphatic carbocycles. The van der Waals surface area contributed by atoms with Crippen molar-refractivity contribution in [1.82, 2.24) is 9.80 Å². The summed E-state index contributed by atoms with van der Waals surface area (Å²) in [6, 6.07) is 8.66. The van der Waals surface area contributed by atoms with Crippen molar-refractivity contribution in [3.8, 4) is 0 Å². The Morgan fingerprint density at radius 1 is 1.16 bits per heavy atom. The van der Waals surface area contributed by atoms with Crippen LogP contribution in [0.4, 0.5) is 0 Å². The Balaban J connectivity index is 1.61. The van der Waals surface area contributed by atoms with Gasteiger partial charge in [-0.1, -0.05) is 12.1 Å². The number of carbonyl (C=O) groups is 1. The molecular formula is C18H26N2O3S2. The SMILES string of the molecule is CSc1ccc(CN(C(=O)CN(C)[C@@H]2CCS(=O)(=O)C2)C2CC2)cc1. The van der Waals surface area contributed by atoms with Crippen LogP contribution in [-0.2, 0) is 21.2 Å². The zero-order valence-corrected chi connectivity index (χ0v) is 16.5. The second kappa shape index (κ2) is 7.68. The Morgan fingerprint density at radius 2 is 1.84 bits per heavy atom. The summed E-state index contributed by atoms with van der Waals surface area (Å²) in [6.45, 7) is 0.925. The molecule has 1 aromatic carbocycles. The van der Waals surface area contributed by atoms with E-state index >= 15 is 0 Å². The van der Waals surface area contributed by atoms with Crippen LogP contribution < -0.4 is 0 Å². The molecule has 0 radical (unpaired) electrons. The van der Waals surface area contributed by atoms with Crippen molar-refractivity contribution in [1.29, 1.82) is 0 Å². The lowest BCUT2D eigenvalue weighted by Gasteiger charge is -2.28. The van der Waals surface area contributed by atoms with E-state index in [2.05, 4.69) is 24.3 Å². The molecule has 1 aromatic rings. The molecule has 0 unspecified atom stereocenters. The molecule has 1 heterocycles. The van der Waals surface area contributed by atoms with Gasteiger partial charge in [-0.3, -0.25) is 9.69 Å². The van der Waals surface area contributed by atoms with E-state index in [1.54, 1.807) is 11.8 Å². The van der Waals surface area contributed by atoms with Crippen molar-refractivity contribution in [2.24, 2.45) is 0 Å². The largest absolute Gasteiger partial charge is 0.334 e. The third kappa shape index (κ3) is 4.99. The summed E-state index contributed by atoms with van der Waals surface area (Å²) in [4.78, 5) is 17.9. The number of likely N-dealkylation sites (N-methyl/N-ethyl adjacent to an activating group) is 1. The average Bonchev–Trinajstić information content (AvgIpc) is 3.35. The van der Waals surface area contributed by atoms with E-state index in [1.165, 1.54) is 4.90 Å². The van der Waals surface area contributed by atoms with E-state index < -0.39 is 9.84 Å². The van der Waals surface area contributed by atoms with E-state index in [0.717, 1.165) is 18.4 Å². The molecule has 25 heavy (non-hydrogen) atoms. The van der Waals surface area contributed by atoms with Gasteiger partial charge in [0.1, 0.15) is 0 Å². The van der Waals surface area contributed by atoms with Crippen LogP contribution in [0.25, 0.3) is 0 Å². The van der Waals surface area contributed by atoms with Crippen LogP contribution in [0.3, 0.4) is 0 Å². The fraction of sp³-hybridized carbons (Fsp3) is 0.611. The molecule has 2 aliphatic rings. The highest BCUT2D eigenvalue weighted by Gasteiger charge is 2.35. The summed E-state index contributed by atoms with van der Waals surface area (Å²) in [5, 5.41) is 0. The van der Waals surface area contributed by atoms with Crippen molar-refractivity contribution < 1.29 is 13.2 Å². The summed E-state index contributed by atoms with van der Waals surface area (Å²) in [5.41, 5.74) is 1.14. The average molecular weight is 383 g/mol. The van der Waals surface area contributed by atoms with E-state index in [4.69, 9.17) is 0 Å². The summed E-state index contributed by atoms with van der Waals surface area (Å²) in [6.07, 6.45) is 4.81. The number of nitrogens with zero attached hydrogens (tertiary/aromatic N) is 2. The van der Waals surface area contributed by atoms with Gasteiger partial charge in [0, 0.05) is 23.5 Å². The normalized spacial score (nSPS) is 22.3. The van der Waals surface area contributed by atoms with E-state index in [9.17, 15) is 13.2 Å². The maximum absolute atomic E-state index is 12.8. The Kier molecular flexibility index (Phi) is 5.75. The molecule has 1 amide bonds. The third-order valence-electron chi connectivity index (χ3n) is 5.04. The molecule has 1 atom stereocenters. The van der Waals surface area contributed by atoms with Gasteiger partial charge >= 0.3 is 0 Å². The minimum atomic E-state index is -2.92. The van der Waals surface area contributed by atoms with Crippen molar-refractivity contribution >= 4 is 27.5 Å². The molecule has 3 rings (SSSR count). The van der Waals surface area contributed by atoms with Crippen LogP contribution in [0.2, 0.25) is 0 Å². The molecule has 1 aliphatic heterocycles. The fourth-order valence-corrected chi connectivity index (χ4v) is 5.50. The van der Waals surface area contributed by atoms with E-state index in [0.29, 0.717) is 25.6 Å². The minimum Gasteiger partial charge on any atom is -0.334 e. The van der Waals surface area contributed by atoms with Gasteiger partial charge in [0.2, 0.25) is 5.91 Å². The Labute approximate surface area is 154 Å². The van der Waals surface area contributed by atoms with Crippen LogP contribution >= 0.6 is 11.8 Å². The standard InChI is InChI=1S/C18H26N2O3S2/c1-19(16-9-10-25(22,23)13-16)12-18(21)20(15-5-6-15)11-14-3-7-17(24-2)8-4-14/h3-4,7-8,15-16H,5-6,9-13H2,1-2H3/t16-/m1/s1. The first-order valence-corrected chi connectivity index (χ1v) is 11.8. The second-order valence-corrected chi connectivity index (χ2v) is 10.2. The molecule has 7 heteroatoms. The second-order valence-electron chi connectivity index (χ2n) is 7.07. The van der Waals surface area contributed by atoms with Crippen molar-refractivity contribution in [3.63, 3.8) is 0 Å². The van der Waals surface area contributed by atoms with Gasteiger partial charge in [0.25, 0.3) is 0 Å². The van der Waals surface area contributed by atoms with E-state index in [-0.39, 0.29) is 23.5 Å². The molecular weight excluding hydrogens is 356 g/mol. The van der Waals surface area contributed by atoms with Gasteiger partial charge in [-0.15, -0.1) is 11.8 Å². The Morgan fingerprint density at radius 3 is 2.36 bits per heavy atom. The lowest BCUT2D eigenvalue weighted by Crippen LogP contribution is -2.43. The predicted octanol–water partition coefficient (Wildman–Crippen LogP) is 2.02. The maximum Gasteiger partial charge on any atom is 0.237 e. The number of amides is 1. The molecule has 5 nitrogen and oxygen atoms in total. The first-order chi connectivity index (χ1) is 11.9. The molecule has 0 bridgehead atoms. The Hall–Kier alpha value is -1.05.